The van der Waals surface area contributed by atoms with Crippen LogP contribution < -0.4 is 14.5 Å². The zero-order valence-corrected chi connectivity index (χ0v) is 22.5. The predicted octanol–water partition coefficient (Wildman–Crippen LogP) is 7.66. The lowest BCUT2D eigenvalue weighted by atomic mass is 9.99. The summed E-state index contributed by atoms with van der Waals surface area (Å²) < 4.78 is 6.22. The molecule has 0 bridgehead atoms. The number of imide groups is 2. The molecule has 1 heterocycles. The molecule has 0 saturated carbocycles. The second-order valence-electron chi connectivity index (χ2n) is 9.37. The molecule has 0 aliphatic carbocycles. The molecule has 5 aromatic carbocycles. The van der Waals surface area contributed by atoms with E-state index in [0.29, 0.717) is 27.7 Å². The summed E-state index contributed by atoms with van der Waals surface area (Å²) in [5.74, 6) is -0.974. The summed E-state index contributed by atoms with van der Waals surface area (Å²) in [6, 6.07) is 35.1. The summed E-state index contributed by atoms with van der Waals surface area (Å²) in [5.41, 5.74) is 1.88. The number of benzene rings is 5. The van der Waals surface area contributed by atoms with Crippen molar-refractivity contribution in [3.05, 3.63) is 143 Å². The minimum absolute atomic E-state index is 0.170. The highest BCUT2D eigenvalue weighted by Gasteiger charge is 2.43. The lowest BCUT2D eigenvalue weighted by Crippen LogP contribution is -2.57. The Balaban J connectivity index is 1.51. The zero-order chi connectivity index (χ0) is 28.3. The summed E-state index contributed by atoms with van der Waals surface area (Å²) in [6.07, 6.45) is 1.52. The maximum atomic E-state index is 13.9. The van der Waals surface area contributed by atoms with E-state index in [1.54, 1.807) is 72.8 Å². The Morgan fingerprint density at radius 2 is 1.20 bits per heavy atom. The van der Waals surface area contributed by atoms with Gasteiger partial charge in [0, 0.05) is 16.1 Å². The van der Waals surface area contributed by atoms with Gasteiger partial charge in [-0.3, -0.25) is 9.59 Å². The topological polar surface area (TPSA) is 66.9 Å². The number of ether oxygens (including phenoxy) is 1. The Bertz CT molecular complexity index is 1760. The van der Waals surface area contributed by atoms with Gasteiger partial charge >= 0.3 is 6.03 Å². The molecule has 7 heteroatoms. The van der Waals surface area contributed by atoms with Crippen LogP contribution in [0.1, 0.15) is 11.1 Å². The van der Waals surface area contributed by atoms with Crippen LogP contribution >= 0.6 is 11.6 Å². The van der Waals surface area contributed by atoms with Crippen molar-refractivity contribution in [2.45, 2.75) is 6.61 Å². The Morgan fingerprint density at radius 1 is 0.634 bits per heavy atom. The maximum Gasteiger partial charge on any atom is 0.343 e. The first-order valence-corrected chi connectivity index (χ1v) is 13.3. The van der Waals surface area contributed by atoms with Gasteiger partial charge < -0.3 is 4.74 Å². The third-order valence-corrected chi connectivity index (χ3v) is 7.21. The van der Waals surface area contributed by atoms with E-state index in [9.17, 15) is 14.4 Å². The van der Waals surface area contributed by atoms with Crippen molar-refractivity contribution in [3.8, 4) is 5.75 Å². The second-order valence-corrected chi connectivity index (χ2v) is 9.78. The molecule has 0 atom stereocenters. The molecule has 0 N–H and O–H groups in total. The average molecular weight is 559 g/mol. The number of carbonyl (C=O) groups is 3. The Morgan fingerprint density at radius 3 is 1.83 bits per heavy atom. The highest BCUT2D eigenvalue weighted by Crippen LogP contribution is 2.35. The Kier molecular flexibility index (Phi) is 7.06. The molecule has 4 amide bonds. The number of halogens is 1. The highest BCUT2D eigenvalue weighted by atomic mass is 35.5. The second kappa shape index (κ2) is 11.1. The van der Waals surface area contributed by atoms with E-state index in [-0.39, 0.29) is 12.2 Å². The van der Waals surface area contributed by atoms with E-state index in [1.807, 2.05) is 48.5 Å². The smallest absolute Gasteiger partial charge is 0.343 e. The Labute approximate surface area is 241 Å². The highest BCUT2D eigenvalue weighted by molar-refractivity contribution is 6.46. The fraction of sp³-hybridized carbons (Fsp3) is 0.0294. The molecule has 5 aromatic rings. The number of hydrogen-bond acceptors (Lipinski definition) is 4. The summed E-state index contributed by atoms with van der Waals surface area (Å²) in [5, 5.41) is 2.25. The predicted molar refractivity (Wildman–Crippen MR) is 161 cm³/mol. The number of rotatable bonds is 6. The third kappa shape index (κ3) is 4.97. The first-order chi connectivity index (χ1) is 20.0. The molecule has 6 rings (SSSR count). The number of fused-ring (bicyclic) bond motifs is 1. The van der Waals surface area contributed by atoms with Crippen molar-refractivity contribution in [1.29, 1.82) is 0 Å². The summed E-state index contributed by atoms with van der Waals surface area (Å²) in [7, 11) is 0. The van der Waals surface area contributed by atoms with Crippen LogP contribution in [-0.2, 0) is 16.2 Å². The van der Waals surface area contributed by atoms with Gasteiger partial charge in [0.1, 0.15) is 17.9 Å². The number of amides is 4. The van der Waals surface area contributed by atoms with Crippen molar-refractivity contribution in [2.24, 2.45) is 0 Å². The molecule has 0 spiro atoms. The SMILES string of the molecule is O=C1C(=Cc2c(OCc3ccccc3Cl)ccc3ccccc23)C(=O)N(c2ccccc2)C(=O)N1c1ccccc1. The molecular formula is C34H23ClN2O4. The molecule has 1 aliphatic rings. The number of nitrogens with zero attached hydrogens (tertiary/aromatic N) is 2. The maximum absolute atomic E-state index is 13.9. The number of hydrogen-bond donors (Lipinski definition) is 0. The number of anilines is 2. The van der Waals surface area contributed by atoms with E-state index in [4.69, 9.17) is 16.3 Å². The van der Waals surface area contributed by atoms with Crippen LogP contribution in [0.2, 0.25) is 5.02 Å². The van der Waals surface area contributed by atoms with Crippen LogP contribution in [0.25, 0.3) is 16.8 Å². The standard InChI is InChI=1S/C34H23ClN2O4/c35-30-18-10-8-12-24(30)22-41-31-20-19-23-11-7-9-17-27(23)28(31)21-29-32(38)36(25-13-3-1-4-14-25)34(40)37(33(29)39)26-15-5-2-6-16-26/h1-21H,22H2. The van der Waals surface area contributed by atoms with E-state index < -0.39 is 17.8 Å². The van der Waals surface area contributed by atoms with Crippen LogP contribution in [0.15, 0.2) is 127 Å². The van der Waals surface area contributed by atoms with Crippen molar-refractivity contribution < 1.29 is 19.1 Å². The molecule has 6 nitrogen and oxygen atoms in total. The average Bonchev–Trinajstić information content (AvgIpc) is 3.00. The van der Waals surface area contributed by atoms with Gasteiger partial charge in [-0.15, -0.1) is 0 Å². The van der Waals surface area contributed by atoms with Crippen LogP contribution in [0.4, 0.5) is 16.2 Å². The van der Waals surface area contributed by atoms with Crippen molar-refractivity contribution in [2.75, 3.05) is 9.80 Å². The van der Waals surface area contributed by atoms with Gasteiger partial charge in [0.15, 0.2) is 0 Å². The molecule has 41 heavy (non-hydrogen) atoms. The quantitative estimate of drug-likeness (QED) is 0.158. The van der Waals surface area contributed by atoms with Gasteiger partial charge in [-0.2, -0.15) is 0 Å². The molecule has 0 unspecified atom stereocenters. The molecular weight excluding hydrogens is 536 g/mol. The molecule has 0 aromatic heterocycles. The molecule has 1 saturated heterocycles. The number of carbonyl (C=O) groups excluding carboxylic acids is 3. The van der Waals surface area contributed by atoms with Gasteiger partial charge in [0.25, 0.3) is 11.8 Å². The van der Waals surface area contributed by atoms with Crippen molar-refractivity contribution >= 4 is 57.7 Å². The number of para-hydroxylation sites is 2. The Hall–Kier alpha value is -5.20. The fourth-order valence-corrected chi connectivity index (χ4v) is 5.00. The monoisotopic (exact) mass is 558 g/mol. The lowest BCUT2D eigenvalue weighted by Gasteiger charge is -2.34. The first kappa shape index (κ1) is 26.0. The minimum atomic E-state index is -0.748. The lowest BCUT2D eigenvalue weighted by molar-refractivity contribution is -0.121. The molecule has 200 valence electrons. The van der Waals surface area contributed by atoms with Crippen molar-refractivity contribution in [3.63, 3.8) is 0 Å². The van der Waals surface area contributed by atoms with Crippen LogP contribution in [-0.4, -0.2) is 17.8 Å². The van der Waals surface area contributed by atoms with Gasteiger partial charge in [-0.1, -0.05) is 96.5 Å². The number of barbiturate groups is 1. The van der Waals surface area contributed by atoms with Crippen LogP contribution in [0.3, 0.4) is 0 Å². The number of urea groups is 1. The normalized spacial score (nSPS) is 13.6. The van der Waals surface area contributed by atoms with E-state index in [2.05, 4.69) is 0 Å². The van der Waals surface area contributed by atoms with Crippen LogP contribution in [0, 0.1) is 0 Å². The van der Waals surface area contributed by atoms with Crippen molar-refractivity contribution in [1.82, 2.24) is 0 Å². The molecule has 1 fully saturated rings. The van der Waals surface area contributed by atoms with E-state index in [1.165, 1.54) is 6.08 Å². The van der Waals surface area contributed by atoms with Gasteiger partial charge in [-0.05, 0) is 53.2 Å². The largest absolute Gasteiger partial charge is 0.488 e. The fourth-order valence-electron chi connectivity index (χ4n) is 4.80. The summed E-state index contributed by atoms with van der Waals surface area (Å²) >= 11 is 6.36. The van der Waals surface area contributed by atoms with Gasteiger partial charge in [0.2, 0.25) is 0 Å². The zero-order valence-electron chi connectivity index (χ0n) is 21.7. The summed E-state index contributed by atoms with van der Waals surface area (Å²) in [6.45, 7) is 0.181. The van der Waals surface area contributed by atoms with E-state index in [0.717, 1.165) is 26.1 Å². The molecule has 0 radical (unpaired) electrons. The molecule has 1 aliphatic heterocycles. The third-order valence-electron chi connectivity index (χ3n) is 6.84. The van der Waals surface area contributed by atoms with E-state index >= 15 is 0 Å². The van der Waals surface area contributed by atoms with Gasteiger partial charge in [-0.25, -0.2) is 14.6 Å². The van der Waals surface area contributed by atoms with Crippen LogP contribution in [0.5, 0.6) is 5.75 Å². The first-order valence-electron chi connectivity index (χ1n) is 13.0. The minimum Gasteiger partial charge on any atom is -0.488 e. The summed E-state index contributed by atoms with van der Waals surface area (Å²) in [4.78, 5) is 43.6. The van der Waals surface area contributed by atoms with Gasteiger partial charge in [0.05, 0.1) is 11.4 Å².